The third-order valence-electron chi connectivity index (χ3n) is 7.58. The fourth-order valence-electron chi connectivity index (χ4n) is 5.57. The van der Waals surface area contributed by atoms with Gasteiger partial charge in [-0.05, 0) is 72.9 Å². The number of rotatable bonds is 6. The molecule has 2 aromatic carbocycles. The van der Waals surface area contributed by atoms with Gasteiger partial charge in [0, 0.05) is 33.7 Å². The maximum Gasteiger partial charge on any atom is 0.416 e. The molecule has 3 unspecified atom stereocenters. The Morgan fingerprint density at radius 1 is 1.05 bits per heavy atom. The van der Waals surface area contributed by atoms with Crippen LogP contribution in [0.1, 0.15) is 35.7 Å². The number of nitrogens with one attached hydrogen (secondary N) is 1. The van der Waals surface area contributed by atoms with Gasteiger partial charge in [-0.1, -0.05) is 54.1 Å². The van der Waals surface area contributed by atoms with Crippen LogP contribution in [0.2, 0.25) is 5.02 Å². The summed E-state index contributed by atoms with van der Waals surface area (Å²) in [7, 11) is 1.65. The standard InChI is InChI=1S/C32H31ClN2O4/c1-37-24-11-7-22(8-12-24)31-30-27(17-18-35(31)32(36)39-25-13-9-23(33)10-14-25)28-19-26(15-16-29(28)34-30)38-20-21-5-3-2-4-6-21/h2-5,7-14,16,19,21,26,31,34H,6,15,17-18,20H2,1H3. The third-order valence-corrected chi connectivity index (χ3v) is 7.83. The van der Waals surface area contributed by atoms with Crippen molar-refractivity contribution in [3.05, 3.63) is 105 Å². The van der Waals surface area contributed by atoms with Gasteiger partial charge >= 0.3 is 6.09 Å². The van der Waals surface area contributed by atoms with Crippen molar-refractivity contribution in [2.75, 3.05) is 20.3 Å². The summed E-state index contributed by atoms with van der Waals surface area (Å²) in [6.45, 7) is 1.23. The fraction of sp³-hybridized carbons (Fsp3) is 0.281. The Hall–Kier alpha value is -3.74. The number of methoxy groups -OCH3 is 1. The van der Waals surface area contributed by atoms with Crippen LogP contribution in [-0.2, 0) is 11.2 Å². The lowest BCUT2D eigenvalue weighted by Crippen LogP contribution is -2.43. The number of H-pyrrole nitrogens is 1. The van der Waals surface area contributed by atoms with Gasteiger partial charge in [-0.3, -0.25) is 4.90 Å². The van der Waals surface area contributed by atoms with E-state index >= 15 is 0 Å². The number of hydrogen-bond donors (Lipinski definition) is 1. The molecule has 3 aromatic rings. The minimum atomic E-state index is -0.403. The van der Waals surface area contributed by atoms with E-state index in [1.54, 1.807) is 36.3 Å². The van der Waals surface area contributed by atoms with Crippen molar-refractivity contribution in [2.45, 2.75) is 31.4 Å². The van der Waals surface area contributed by atoms with E-state index in [9.17, 15) is 4.79 Å². The Morgan fingerprint density at radius 2 is 1.85 bits per heavy atom. The van der Waals surface area contributed by atoms with Crippen molar-refractivity contribution in [3.63, 3.8) is 0 Å². The van der Waals surface area contributed by atoms with Crippen molar-refractivity contribution in [3.8, 4) is 11.5 Å². The van der Waals surface area contributed by atoms with Crippen LogP contribution in [0.25, 0.3) is 12.2 Å². The van der Waals surface area contributed by atoms with E-state index in [2.05, 4.69) is 41.4 Å². The van der Waals surface area contributed by atoms with Gasteiger partial charge in [0.05, 0.1) is 19.8 Å². The van der Waals surface area contributed by atoms with E-state index in [1.807, 2.05) is 24.3 Å². The molecule has 1 aromatic heterocycles. The summed E-state index contributed by atoms with van der Waals surface area (Å²) in [5.74, 6) is 1.64. The average Bonchev–Trinajstić information content (AvgIpc) is 3.35. The number of aromatic nitrogens is 1. The van der Waals surface area contributed by atoms with E-state index in [0.717, 1.165) is 41.6 Å². The Balaban J connectivity index is 1.31. The van der Waals surface area contributed by atoms with Crippen LogP contribution in [0.5, 0.6) is 11.5 Å². The SMILES string of the molecule is COc1ccc(C2c3[nH]c4c(c3CCN2C(=O)Oc2ccc(Cl)cc2)=CC(OCC2C=CC=CC2)CC=4)cc1. The Bertz CT molecular complexity index is 1520. The quantitative estimate of drug-likeness (QED) is 0.459. The molecule has 2 aliphatic carbocycles. The summed E-state index contributed by atoms with van der Waals surface area (Å²) in [5.41, 5.74) is 3.22. The molecule has 1 amide bonds. The number of nitrogens with zero attached hydrogens (tertiary/aromatic N) is 1. The predicted molar refractivity (Wildman–Crippen MR) is 152 cm³/mol. The van der Waals surface area contributed by atoms with Gasteiger partial charge in [0.2, 0.25) is 0 Å². The van der Waals surface area contributed by atoms with Gasteiger partial charge in [0.15, 0.2) is 0 Å². The number of hydrogen-bond acceptors (Lipinski definition) is 4. The first-order valence-corrected chi connectivity index (χ1v) is 13.7. The molecule has 200 valence electrons. The number of aromatic amines is 1. The maximum atomic E-state index is 13.5. The highest BCUT2D eigenvalue weighted by Gasteiger charge is 2.36. The summed E-state index contributed by atoms with van der Waals surface area (Å²) in [4.78, 5) is 18.9. The molecule has 1 aliphatic heterocycles. The predicted octanol–water partition coefficient (Wildman–Crippen LogP) is 5.31. The topological polar surface area (TPSA) is 63.8 Å². The van der Waals surface area contributed by atoms with Crippen molar-refractivity contribution >= 4 is 29.8 Å². The fourth-order valence-corrected chi connectivity index (χ4v) is 5.69. The lowest BCUT2D eigenvalue weighted by atomic mass is 9.92. The molecule has 3 atom stereocenters. The molecule has 39 heavy (non-hydrogen) atoms. The number of carbonyl (C=O) groups is 1. The molecule has 0 bridgehead atoms. The lowest BCUT2D eigenvalue weighted by Gasteiger charge is -2.35. The van der Waals surface area contributed by atoms with Crippen LogP contribution in [0.4, 0.5) is 4.79 Å². The summed E-state index contributed by atoms with van der Waals surface area (Å²) >= 11 is 6.01. The summed E-state index contributed by atoms with van der Waals surface area (Å²) in [6.07, 6.45) is 15.2. The van der Waals surface area contributed by atoms with Crippen molar-refractivity contribution < 1.29 is 19.0 Å². The van der Waals surface area contributed by atoms with Crippen LogP contribution in [0, 0.1) is 5.92 Å². The largest absolute Gasteiger partial charge is 0.497 e. The van der Waals surface area contributed by atoms with Gasteiger partial charge in [-0.2, -0.15) is 0 Å². The molecular formula is C32H31ClN2O4. The van der Waals surface area contributed by atoms with E-state index in [0.29, 0.717) is 29.8 Å². The van der Waals surface area contributed by atoms with E-state index in [4.69, 9.17) is 25.8 Å². The second-order valence-electron chi connectivity index (χ2n) is 10.1. The molecule has 3 aliphatic rings. The smallest absolute Gasteiger partial charge is 0.416 e. The van der Waals surface area contributed by atoms with E-state index in [1.165, 1.54) is 10.8 Å². The van der Waals surface area contributed by atoms with E-state index < -0.39 is 6.09 Å². The molecule has 0 saturated carbocycles. The highest BCUT2D eigenvalue weighted by atomic mass is 35.5. The normalized spacial score (nSPS) is 21.4. The first kappa shape index (κ1) is 25.5. The van der Waals surface area contributed by atoms with Gasteiger partial charge in [0.25, 0.3) is 0 Å². The highest BCUT2D eigenvalue weighted by molar-refractivity contribution is 6.30. The Kier molecular flexibility index (Phi) is 7.31. The van der Waals surface area contributed by atoms with Crippen LogP contribution in [0.15, 0.2) is 72.8 Å². The zero-order valence-electron chi connectivity index (χ0n) is 21.8. The monoisotopic (exact) mass is 542 g/mol. The lowest BCUT2D eigenvalue weighted by molar-refractivity contribution is 0.0799. The van der Waals surface area contributed by atoms with Gasteiger partial charge in [0.1, 0.15) is 17.5 Å². The Morgan fingerprint density at radius 3 is 2.59 bits per heavy atom. The number of carbonyl (C=O) groups excluding carboxylic acids is 1. The van der Waals surface area contributed by atoms with E-state index in [-0.39, 0.29) is 12.1 Å². The number of allylic oxidation sites excluding steroid dienone is 3. The molecule has 6 nitrogen and oxygen atoms in total. The van der Waals surface area contributed by atoms with Crippen molar-refractivity contribution in [1.82, 2.24) is 9.88 Å². The number of fused-ring (bicyclic) bond motifs is 3. The van der Waals surface area contributed by atoms with Crippen molar-refractivity contribution in [1.29, 1.82) is 0 Å². The molecule has 0 fully saturated rings. The first-order chi connectivity index (χ1) is 19.1. The molecule has 0 saturated heterocycles. The summed E-state index contributed by atoms with van der Waals surface area (Å²) in [6, 6.07) is 14.4. The minimum absolute atomic E-state index is 0.0315. The molecule has 0 spiro atoms. The zero-order chi connectivity index (χ0) is 26.8. The summed E-state index contributed by atoms with van der Waals surface area (Å²) < 4.78 is 17.5. The second-order valence-corrected chi connectivity index (χ2v) is 10.5. The van der Waals surface area contributed by atoms with Crippen LogP contribution in [0.3, 0.4) is 0 Å². The average molecular weight is 543 g/mol. The maximum absolute atomic E-state index is 13.5. The second kappa shape index (κ2) is 11.2. The molecule has 1 N–H and O–H groups in total. The Labute approximate surface area is 232 Å². The molecule has 2 heterocycles. The van der Waals surface area contributed by atoms with Gasteiger partial charge in [-0.15, -0.1) is 0 Å². The van der Waals surface area contributed by atoms with Crippen LogP contribution >= 0.6 is 11.6 Å². The minimum Gasteiger partial charge on any atom is -0.497 e. The molecular weight excluding hydrogens is 512 g/mol. The van der Waals surface area contributed by atoms with Crippen molar-refractivity contribution in [2.24, 2.45) is 5.92 Å². The number of ether oxygens (including phenoxy) is 3. The summed E-state index contributed by atoms with van der Waals surface area (Å²) in [5, 5.41) is 2.86. The van der Waals surface area contributed by atoms with Gasteiger partial charge < -0.3 is 19.2 Å². The number of amides is 1. The molecule has 7 heteroatoms. The van der Waals surface area contributed by atoms with Gasteiger partial charge in [-0.25, -0.2) is 4.79 Å². The number of benzene rings is 2. The third kappa shape index (κ3) is 5.40. The van der Waals surface area contributed by atoms with Crippen LogP contribution < -0.4 is 20.0 Å². The van der Waals surface area contributed by atoms with Crippen LogP contribution in [-0.4, -0.2) is 42.3 Å². The number of halogens is 1. The molecule has 6 rings (SSSR count). The highest BCUT2D eigenvalue weighted by Crippen LogP contribution is 2.34. The molecule has 0 radical (unpaired) electrons. The first-order valence-electron chi connectivity index (χ1n) is 13.3. The zero-order valence-corrected chi connectivity index (χ0v) is 22.6.